The molecule has 1 N–H and O–H groups in total. The van der Waals surface area contributed by atoms with Gasteiger partial charge in [-0.2, -0.15) is 0 Å². The van der Waals surface area contributed by atoms with Gasteiger partial charge in [-0.05, 0) is 31.3 Å². The molecule has 10 heteroatoms. The first kappa shape index (κ1) is 26.5. The van der Waals surface area contributed by atoms with Gasteiger partial charge in [-0.3, -0.25) is 4.79 Å². The molecule has 1 fully saturated rings. The van der Waals surface area contributed by atoms with E-state index in [9.17, 15) is 4.79 Å². The quantitative estimate of drug-likeness (QED) is 0.374. The number of hydrogen-bond acceptors (Lipinski definition) is 9. The smallest absolute Gasteiger partial charge is 0.227 e. The highest BCUT2D eigenvalue weighted by atomic mass is 35.5. The minimum atomic E-state index is 0.00294. The van der Waals surface area contributed by atoms with E-state index >= 15 is 0 Å². The highest BCUT2D eigenvalue weighted by Gasteiger charge is 2.18. The van der Waals surface area contributed by atoms with Gasteiger partial charge in [0.05, 0.1) is 37.3 Å². The van der Waals surface area contributed by atoms with Gasteiger partial charge in [0, 0.05) is 55.5 Å². The first-order valence-electron chi connectivity index (χ1n) is 12.1. The van der Waals surface area contributed by atoms with Gasteiger partial charge >= 0.3 is 0 Å². The van der Waals surface area contributed by atoms with Gasteiger partial charge in [0.2, 0.25) is 5.95 Å². The zero-order chi connectivity index (χ0) is 26.4. The van der Waals surface area contributed by atoms with E-state index < -0.39 is 0 Å². The molecule has 0 spiro atoms. The molecular formula is C27H32ClN5O4. The van der Waals surface area contributed by atoms with Crippen LogP contribution in [0.4, 0.5) is 17.3 Å². The predicted octanol–water partition coefficient (Wildman–Crippen LogP) is 4.81. The first-order valence-corrected chi connectivity index (χ1v) is 12.5. The number of hydrogen-bond donors (Lipinski definition) is 1. The summed E-state index contributed by atoms with van der Waals surface area (Å²) in [7, 11) is 5.33. The van der Waals surface area contributed by atoms with Gasteiger partial charge in [-0.15, -0.1) is 0 Å². The Bertz CT molecular complexity index is 1230. The van der Waals surface area contributed by atoms with Crippen LogP contribution in [0.15, 0.2) is 42.7 Å². The van der Waals surface area contributed by atoms with Crippen LogP contribution in [0.2, 0.25) is 5.02 Å². The molecule has 37 heavy (non-hydrogen) atoms. The van der Waals surface area contributed by atoms with E-state index in [1.165, 1.54) is 7.11 Å². The lowest BCUT2D eigenvalue weighted by molar-refractivity contribution is 0.0987. The number of halogens is 1. The molecule has 0 amide bonds. The summed E-state index contributed by atoms with van der Waals surface area (Å²) >= 11 is 6.43. The molecule has 1 aromatic heterocycles. The monoisotopic (exact) mass is 525 g/mol. The van der Waals surface area contributed by atoms with Crippen LogP contribution in [0, 0.1) is 0 Å². The second kappa shape index (κ2) is 12.1. The Morgan fingerprint density at radius 1 is 1.03 bits per heavy atom. The van der Waals surface area contributed by atoms with E-state index in [0.29, 0.717) is 40.0 Å². The number of Topliss-reactive ketones (excluding diaryl/α,β-unsaturated/α-hetero) is 1. The molecule has 2 aromatic carbocycles. The molecule has 9 nitrogen and oxygen atoms in total. The maximum Gasteiger partial charge on any atom is 0.227 e. The number of carbonyl (C=O) groups is 1. The van der Waals surface area contributed by atoms with Crippen molar-refractivity contribution >= 4 is 34.7 Å². The van der Waals surface area contributed by atoms with E-state index in [4.69, 9.17) is 25.8 Å². The van der Waals surface area contributed by atoms with Crippen LogP contribution in [0.25, 0.3) is 0 Å². The van der Waals surface area contributed by atoms with Gasteiger partial charge in [0.25, 0.3) is 0 Å². The fraction of sp³-hybridized carbons (Fsp3) is 0.370. The number of anilines is 3. The standard InChI is InChI=1S/C27H32ClN5O4/c1-5-23(34)18-12-19(26(28)25(13-18)36-4)17-37-21-15-29-27(30-16-21)31-20-6-7-22(24(14-20)35-3)33-10-8-32(2)9-11-33/h6-7,12-16H,5,8-11,17H2,1-4H3,(H,29,30,31). The van der Waals surface area contributed by atoms with Crippen LogP contribution in [0.1, 0.15) is 29.3 Å². The Balaban J connectivity index is 1.41. The Kier molecular flexibility index (Phi) is 8.68. The SMILES string of the molecule is CCC(=O)c1cc(COc2cnc(Nc3ccc(N4CCN(C)CC4)c(OC)c3)nc2)c(Cl)c(OC)c1. The third-order valence-corrected chi connectivity index (χ3v) is 6.71. The largest absolute Gasteiger partial charge is 0.495 e. The summed E-state index contributed by atoms with van der Waals surface area (Å²) in [6, 6.07) is 9.37. The average molecular weight is 526 g/mol. The number of piperazine rings is 1. The summed E-state index contributed by atoms with van der Waals surface area (Å²) in [5, 5.41) is 3.61. The molecule has 0 atom stereocenters. The summed E-state index contributed by atoms with van der Waals surface area (Å²) in [6.45, 7) is 5.91. The van der Waals surface area contributed by atoms with E-state index in [1.54, 1.807) is 31.6 Å². The lowest BCUT2D eigenvalue weighted by atomic mass is 10.1. The van der Waals surface area contributed by atoms with Crippen LogP contribution in [0.5, 0.6) is 17.2 Å². The number of benzene rings is 2. The first-order chi connectivity index (χ1) is 17.9. The zero-order valence-corrected chi connectivity index (χ0v) is 22.3. The summed E-state index contributed by atoms with van der Waals surface area (Å²) in [5.74, 6) is 2.13. The van der Waals surface area contributed by atoms with Gasteiger partial charge in [0.15, 0.2) is 11.5 Å². The van der Waals surface area contributed by atoms with Crippen LogP contribution < -0.4 is 24.4 Å². The highest BCUT2D eigenvalue weighted by molar-refractivity contribution is 6.33. The molecule has 4 rings (SSSR count). The van der Waals surface area contributed by atoms with Crippen LogP contribution >= 0.6 is 11.6 Å². The number of methoxy groups -OCH3 is 2. The number of likely N-dealkylation sites (N-methyl/N-ethyl adjacent to an activating group) is 1. The third kappa shape index (κ3) is 6.42. The molecule has 3 aromatic rings. The number of ketones is 1. The van der Waals surface area contributed by atoms with Crippen LogP contribution in [-0.4, -0.2) is 68.1 Å². The number of nitrogens with one attached hydrogen (secondary N) is 1. The van der Waals surface area contributed by atoms with Crippen molar-refractivity contribution in [2.75, 3.05) is 57.7 Å². The predicted molar refractivity (Wildman–Crippen MR) is 145 cm³/mol. The molecule has 0 unspecified atom stereocenters. The number of ether oxygens (including phenoxy) is 3. The molecule has 0 radical (unpaired) electrons. The zero-order valence-electron chi connectivity index (χ0n) is 21.6. The summed E-state index contributed by atoms with van der Waals surface area (Å²) < 4.78 is 16.8. The van der Waals surface area contributed by atoms with E-state index in [-0.39, 0.29) is 12.4 Å². The van der Waals surface area contributed by atoms with Gasteiger partial charge < -0.3 is 29.3 Å². The lowest BCUT2D eigenvalue weighted by Gasteiger charge is -2.34. The third-order valence-electron chi connectivity index (χ3n) is 6.28. The van der Waals surface area contributed by atoms with Gasteiger partial charge in [-0.25, -0.2) is 9.97 Å². The summed E-state index contributed by atoms with van der Waals surface area (Å²) in [5.41, 5.74) is 3.07. The molecule has 0 bridgehead atoms. The average Bonchev–Trinajstić information content (AvgIpc) is 2.93. The maximum atomic E-state index is 12.2. The second-order valence-electron chi connectivity index (χ2n) is 8.76. The molecule has 1 aliphatic heterocycles. The minimum Gasteiger partial charge on any atom is -0.495 e. The topological polar surface area (TPSA) is 89.1 Å². The van der Waals surface area contributed by atoms with Crippen molar-refractivity contribution in [3.63, 3.8) is 0 Å². The molecule has 2 heterocycles. The Morgan fingerprint density at radius 3 is 2.38 bits per heavy atom. The van der Waals surface area contributed by atoms with Gasteiger partial charge in [0.1, 0.15) is 18.1 Å². The maximum absolute atomic E-state index is 12.2. The van der Waals surface area contributed by atoms with Crippen LogP contribution in [0.3, 0.4) is 0 Å². The number of rotatable bonds is 10. The lowest BCUT2D eigenvalue weighted by Crippen LogP contribution is -2.44. The molecule has 196 valence electrons. The van der Waals surface area contributed by atoms with Crippen molar-refractivity contribution in [2.45, 2.75) is 20.0 Å². The molecular weight excluding hydrogens is 494 g/mol. The van der Waals surface area contributed by atoms with E-state index in [0.717, 1.165) is 43.3 Å². The Hall–Kier alpha value is -3.56. The normalized spacial score (nSPS) is 13.8. The van der Waals surface area contributed by atoms with Crippen LogP contribution in [-0.2, 0) is 6.61 Å². The molecule has 1 saturated heterocycles. The molecule has 0 aliphatic carbocycles. The van der Waals surface area contributed by atoms with E-state index in [2.05, 4.69) is 38.2 Å². The fourth-order valence-electron chi connectivity index (χ4n) is 4.08. The number of aromatic nitrogens is 2. The Labute approximate surface area is 222 Å². The van der Waals surface area contributed by atoms with Crippen molar-refractivity contribution in [1.29, 1.82) is 0 Å². The van der Waals surface area contributed by atoms with Crippen molar-refractivity contribution in [3.05, 3.63) is 58.9 Å². The Morgan fingerprint density at radius 2 is 1.73 bits per heavy atom. The summed E-state index contributed by atoms with van der Waals surface area (Å²) in [6.07, 6.45) is 3.55. The van der Waals surface area contributed by atoms with E-state index in [1.807, 2.05) is 19.1 Å². The second-order valence-corrected chi connectivity index (χ2v) is 9.14. The summed E-state index contributed by atoms with van der Waals surface area (Å²) in [4.78, 5) is 25.6. The number of carbonyl (C=O) groups excluding carboxylic acids is 1. The fourth-order valence-corrected chi connectivity index (χ4v) is 4.32. The number of nitrogens with zero attached hydrogens (tertiary/aromatic N) is 4. The molecule has 0 saturated carbocycles. The minimum absolute atomic E-state index is 0.00294. The highest BCUT2D eigenvalue weighted by Crippen LogP contribution is 2.33. The van der Waals surface area contributed by atoms with Crippen molar-refractivity contribution < 1.29 is 19.0 Å². The molecule has 1 aliphatic rings. The van der Waals surface area contributed by atoms with Gasteiger partial charge in [-0.1, -0.05) is 18.5 Å². The van der Waals surface area contributed by atoms with Crippen molar-refractivity contribution in [1.82, 2.24) is 14.9 Å². The van der Waals surface area contributed by atoms with Crippen molar-refractivity contribution in [3.8, 4) is 17.2 Å². The van der Waals surface area contributed by atoms with Crippen molar-refractivity contribution in [2.24, 2.45) is 0 Å².